The van der Waals surface area contributed by atoms with E-state index in [0.29, 0.717) is 5.92 Å². The van der Waals surface area contributed by atoms with Crippen molar-refractivity contribution in [3.63, 3.8) is 0 Å². The van der Waals surface area contributed by atoms with Crippen LogP contribution in [0.1, 0.15) is 20.3 Å². The average molecular weight is 215 g/mol. The Labute approximate surface area is 95.6 Å². The summed E-state index contributed by atoms with van der Waals surface area (Å²) >= 11 is 0. The summed E-state index contributed by atoms with van der Waals surface area (Å²) in [6, 6.07) is 0. The van der Waals surface area contributed by atoms with Crippen LogP contribution in [0.3, 0.4) is 0 Å². The molecule has 0 heterocycles. The van der Waals surface area contributed by atoms with Crippen LogP contribution >= 0.6 is 0 Å². The zero-order valence-corrected chi connectivity index (χ0v) is 11.2. The lowest BCUT2D eigenvalue weighted by atomic mass is 9.97. The van der Waals surface area contributed by atoms with Crippen LogP contribution in [0.15, 0.2) is 0 Å². The molecule has 0 saturated carbocycles. The van der Waals surface area contributed by atoms with Crippen LogP contribution in [-0.4, -0.2) is 57.1 Å². The first-order valence-corrected chi connectivity index (χ1v) is 5.99. The monoisotopic (exact) mass is 215 g/mol. The lowest BCUT2D eigenvalue weighted by molar-refractivity contribution is 0.233. The molecular weight excluding hydrogens is 186 g/mol. The molecule has 3 heteroatoms. The smallest absolute Gasteiger partial charge is 0.0106 e. The zero-order chi connectivity index (χ0) is 11.8. The third-order valence-corrected chi connectivity index (χ3v) is 2.64. The lowest BCUT2D eigenvalue weighted by Gasteiger charge is -2.25. The highest BCUT2D eigenvalue weighted by atomic mass is 15.1. The SMILES string of the molecule is CC(C)CC(CN)CN(C)CCN(C)C. The molecule has 0 radical (unpaired) electrons. The van der Waals surface area contributed by atoms with Gasteiger partial charge in [-0.2, -0.15) is 0 Å². The van der Waals surface area contributed by atoms with E-state index in [0.717, 1.165) is 32.1 Å². The highest BCUT2D eigenvalue weighted by Gasteiger charge is 2.11. The Hall–Kier alpha value is -0.120. The van der Waals surface area contributed by atoms with Crippen molar-refractivity contribution >= 4 is 0 Å². The van der Waals surface area contributed by atoms with Crippen molar-refractivity contribution in [1.82, 2.24) is 9.80 Å². The molecule has 1 unspecified atom stereocenters. The molecule has 0 amide bonds. The van der Waals surface area contributed by atoms with E-state index in [1.54, 1.807) is 0 Å². The van der Waals surface area contributed by atoms with Gasteiger partial charge in [0.25, 0.3) is 0 Å². The first kappa shape index (κ1) is 14.9. The number of hydrogen-bond acceptors (Lipinski definition) is 3. The van der Waals surface area contributed by atoms with Gasteiger partial charge in [-0.25, -0.2) is 0 Å². The summed E-state index contributed by atoms with van der Waals surface area (Å²) in [4.78, 5) is 4.61. The highest BCUT2D eigenvalue weighted by Crippen LogP contribution is 2.11. The molecule has 0 fully saturated rings. The second-order valence-corrected chi connectivity index (χ2v) is 5.30. The highest BCUT2D eigenvalue weighted by molar-refractivity contribution is 4.67. The fraction of sp³-hybridized carbons (Fsp3) is 1.00. The molecule has 0 saturated heterocycles. The fourth-order valence-electron chi connectivity index (χ4n) is 1.81. The number of hydrogen-bond donors (Lipinski definition) is 1. The average Bonchev–Trinajstić information content (AvgIpc) is 2.13. The maximum atomic E-state index is 5.79. The van der Waals surface area contributed by atoms with E-state index in [1.165, 1.54) is 6.42 Å². The molecule has 15 heavy (non-hydrogen) atoms. The van der Waals surface area contributed by atoms with Crippen LogP contribution in [0.25, 0.3) is 0 Å². The summed E-state index contributed by atoms with van der Waals surface area (Å²) in [5, 5.41) is 0. The van der Waals surface area contributed by atoms with Crippen LogP contribution in [0.5, 0.6) is 0 Å². The van der Waals surface area contributed by atoms with Crippen LogP contribution in [0.2, 0.25) is 0 Å². The second-order valence-electron chi connectivity index (χ2n) is 5.30. The van der Waals surface area contributed by atoms with Crippen LogP contribution in [-0.2, 0) is 0 Å². The molecule has 92 valence electrons. The maximum absolute atomic E-state index is 5.79. The number of rotatable bonds is 8. The Balaban J connectivity index is 3.74. The third kappa shape index (κ3) is 8.85. The van der Waals surface area contributed by atoms with Crippen molar-refractivity contribution in [2.45, 2.75) is 20.3 Å². The molecule has 2 N–H and O–H groups in total. The van der Waals surface area contributed by atoms with E-state index in [9.17, 15) is 0 Å². The molecule has 0 bridgehead atoms. The Morgan fingerprint density at radius 2 is 1.67 bits per heavy atom. The quantitative estimate of drug-likeness (QED) is 0.658. The van der Waals surface area contributed by atoms with Gasteiger partial charge in [0.1, 0.15) is 0 Å². The minimum absolute atomic E-state index is 0.650. The van der Waals surface area contributed by atoms with E-state index in [2.05, 4.69) is 44.8 Å². The van der Waals surface area contributed by atoms with E-state index >= 15 is 0 Å². The first-order chi connectivity index (χ1) is 6.95. The lowest BCUT2D eigenvalue weighted by Crippen LogP contribution is -2.35. The summed E-state index contributed by atoms with van der Waals surface area (Å²) in [5.41, 5.74) is 5.79. The van der Waals surface area contributed by atoms with Crippen molar-refractivity contribution in [3.8, 4) is 0 Å². The van der Waals surface area contributed by atoms with Gasteiger partial charge in [0, 0.05) is 19.6 Å². The summed E-state index contributed by atoms with van der Waals surface area (Å²) in [6.45, 7) is 8.72. The fourth-order valence-corrected chi connectivity index (χ4v) is 1.81. The van der Waals surface area contributed by atoms with Crippen molar-refractivity contribution in [2.75, 3.05) is 47.3 Å². The van der Waals surface area contributed by atoms with Crippen molar-refractivity contribution in [1.29, 1.82) is 0 Å². The molecule has 0 aromatic carbocycles. The summed E-state index contributed by atoms with van der Waals surface area (Å²) in [5.74, 6) is 1.40. The summed E-state index contributed by atoms with van der Waals surface area (Å²) in [7, 11) is 6.41. The normalized spacial score (nSPS) is 14.2. The molecular formula is C12H29N3. The van der Waals surface area contributed by atoms with Gasteiger partial charge in [0.2, 0.25) is 0 Å². The largest absolute Gasteiger partial charge is 0.330 e. The van der Waals surface area contributed by atoms with Crippen LogP contribution in [0.4, 0.5) is 0 Å². The van der Waals surface area contributed by atoms with E-state index in [-0.39, 0.29) is 0 Å². The predicted molar refractivity (Wildman–Crippen MR) is 68.1 cm³/mol. The predicted octanol–water partition coefficient (Wildman–Crippen LogP) is 1.10. The van der Waals surface area contributed by atoms with Crippen molar-refractivity contribution < 1.29 is 0 Å². The van der Waals surface area contributed by atoms with Gasteiger partial charge in [-0.05, 0) is 45.9 Å². The Morgan fingerprint density at radius 3 is 2.07 bits per heavy atom. The molecule has 0 aromatic rings. The van der Waals surface area contributed by atoms with Gasteiger partial charge < -0.3 is 15.5 Å². The molecule has 3 nitrogen and oxygen atoms in total. The van der Waals surface area contributed by atoms with Crippen LogP contribution < -0.4 is 5.73 Å². The topological polar surface area (TPSA) is 32.5 Å². The molecule has 0 aliphatic rings. The summed E-state index contributed by atoms with van der Waals surface area (Å²) < 4.78 is 0. The van der Waals surface area contributed by atoms with Gasteiger partial charge in [-0.3, -0.25) is 0 Å². The van der Waals surface area contributed by atoms with Crippen molar-refractivity contribution in [2.24, 2.45) is 17.6 Å². The molecule has 1 atom stereocenters. The van der Waals surface area contributed by atoms with Gasteiger partial charge in [0.05, 0.1) is 0 Å². The van der Waals surface area contributed by atoms with Crippen LogP contribution in [0, 0.1) is 11.8 Å². The van der Waals surface area contributed by atoms with Gasteiger partial charge in [-0.1, -0.05) is 13.8 Å². The number of nitrogens with zero attached hydrogens (tertiary/aromatic N) is 2. The molecule has 0 spiro atoms. The van der Waals surface area contributed by atoms with E-state index < -0.39 is 0 Å². The number of nitrogens with two attached hydrogens (primary N) is 1. The molecule has 0 aliphatic carbocycles. The van der Waals surface area contributed by atoms with Crippen molar-refractivity contribution in [3.05, 3.63) is 0 Å². The molecule has 0 aromatic heterocycles. The summed E-state index contributed by atoms with van der Waals surface area (Å²) in [6.07, 6.45) is 1.24. The Bertz CT molecular complexity index is 146. The first-order valence-electron chi connectivity index (χ1n) is 5.99. The molecule has 0 aliphatic heterocycles. The third-order valence-electron chi connectivity index (χ3n) is 2.64. The Kier molecular flexibility index (Phi) is 8.02. The minimum Gasteiger partial charge on any atom is -0.330 e. The zero-order valence-electron chi connectivity index (χ0n) is 11.2. The second kappa shape index (κ2) is 8.08. The number of likely N-dealkylation sites (N-methyl/N-ethyl adjacent to an activating group) is 2. The Morgan fingerprint density at radius 1 is 1.07 bits per heavy atom. The van der Waals surface area contributed by atoms with Gasteiger partial charge >= 0.3 is 0 Å². The molecule has 0 rings (SSSR count). The van der Waals surface area contributed by atoms with Gasteiger partial charge in [0.15, 0.2) is 0 Å². The minimum atomic E-state index is 0.650. The van der Waals surface area contributed by atoms with E-state index in [4.69, 9.17) is 5.73 Å². The van der Waals surface area contributed by atoms with E-state index in [1.807, 2.05) is 0 Å². The maximum Gasteiger partial charge on any atom is 0.0106 e. The standard InChI is InChI=1S/C12H29N3/c1-11(2)8-12(9-13)10-15(5)7-6-14(3)4/h11-12H,6-10,13H2,1-5H3. The van der Waals surface area contributed by atoms with Gasteiger partial charge in [-0.15, -0.1) is 0 Å².